The summed E-state index contributed by atoms with van der Waals surface area (Å²) in [6, 6.07) is 0.432. The largest absolute Gasteiger partial charge is 0.401 e. The maximum absolute atomic E-state index is 11.8. The number of alkyl halides is 3. The number of nitrogens with one attached hydrogen (secondary N) is 2. The summed E-state index contributed by atoms with van der Waals surface area (Å²) in [7, 11) is 0. The summed E-state index contributed by atoms with van der Waals surface area (Å²) >= 11 is 0. The molecular weight excluding hydrogens is 193 g/mol. The first-order chi connectivity index (χ1) is 6.47. The molecule has 1 aliphatic heterocycles. The van der Waals surface area contributed by atoms with Gasteiger partial charge in [-0.2, -0.15) is 13.2 Å². The molecule has 0 radical (unpaired) electrons. The fourth-order valence-corrected chi connectivity index (χ4v) is 1.84. The summed E-state index contributed by atoms with van der Waals surface area (Å²) in [6.07, 6.45) is -2.15. The van der Waals surface area contributed by atoms with Crippen molar-refractivity contribution in [1.82, 2.24) is 10.6 Å². The van der Waals surface area contributed by atoms with Gasteiger partial charge < -0.3 is 10.6 Å². The summed E-state index contributed by atoms with van der Waals surface area (Å²) < 4.78 is 35.4. The van der Waals surface area contributed by atoms with Gasteiger partial charge in [0, 0.05) is 6.04 Å². The van der Waals surface area contributed by atoms with Crippen molar-refractivity contribution in [2.24, 2.45) is 5.92 Å². The van der Waals surface area contributed by atoms with E-state index in [-0.39, 0.29) is 0 Å². The van der Waals surface area contributed by atoms with Crippen molar-refractivity contribution in [2.45, 2.75) is 32.0 Å². The molecule has 0 aromatic rings. The van der Waals surface area contributed by atoms with E-state index in [0.29, 0.717) is 18.5 Å². The lowest BCUT2D eigenvalue weighted by molar-refractivity contribution is -0.125. The molecule has 1 aliphatic rings. The zero-order valence-electron chi connectivity index (χ0n) is 8.32. The molecule has 0 aliphatic carbocycles. The van der Waals surface area contributed by atoms with Crippen molar-refractivity contribution in [3.8, 4) is 0 Å². The van der Waals surface area contributed by atoms with Crippen LogP contribution in [0.3, 0.4) is 0 Å². The van der Waals surface area contributed by atoms with Gasteiger partial charge in [0.15, 0.2) is 0 Å². The lowest BCUT2D eigenvalue weighted by atomic mass is 9.93. The van der Waals surface area contributed by atoms with Crippen molar-refractivity contribution in [1.29, 1.82) is 0 Å². The minimum Gasteiger partial charge on any atom is -0.314 e. The summed E-state index contributed by atoms with van der Waals surface area (Å²) in [5, 5.41) is 5.73. The average molecular weight is 210 g/mol. The molecule has 2 atom stereocenters. The topological polar surface area (TPSA) is 24.1 Å². The Labute approximate surface area is 82.2 Å². The van der Waals surface area contributed by atoms with Crippen LogP contribution >= 0.6 is 0 Å². The van der Waals surface area contributed by atoms with E-state index in [1.807, 2.05) is 0 Å². The van der Waals surface area contributed by atoms with Gasteiger partial charge in [-0.1, -0.05) is 0 Å². The first-order valence-corrected chi connectivity index (χ1v) is 4.98. The van der Waals surface area contributed by atoms with Crippen LogP contribution in [-0.4, -0.2) is 31.9 Å². The van der Waals surface area contributed by atoms with E-state index in [1.54, 1.807) is 0 Å². The number of piperidine rings is 1. The van der Waals surface area contributed by atoms with E-state index < -0.39 is 12.7 Å². The van der Waals surface area contributed by atoms with Gasteiger partial charge in [0.2, 0.25) is 0 Å². The van der Waals surface area contributed by atoms with Crippen LogP contribution in [0.2, 0.25) is 0 Å². The molecule has 0 aromatic heterocycles. The van der Waals surface area contributed by atoms with Crippen LogP contribution in [0.15, 0.2) is 0 Å². The molecular formula is C9H17F3N2. The molecule has 5 heteroatoms. The van der Waals surface area contributed by atoms with Crippen molar-refractivity contribution in [3.63, 3.8) is 0 Å². The molecule has 0 spiro atoms. The van der Waals surface area contributed by atoms with Gasteiger partial charge in [0.25, 0.3) is 0 Å². The van der Waals surface area contributed by atoms with Gasteiger partial charge in [-0.25, -0.2) is 0 Å². The highest BCUT2D eigenvalue weighted by Gasteiger charge is 2.27. The Morgan fingerprint density at radius 2 is 2.14 bits per heavy atom. The number of rotatable bonds is 3. The minimum atomic E-state index is -4.08. The molecule has 84 valence electrons. The van der Waals surface area contributed by atoms with Crippen LogP contribution in [-0.2, 0) is 0 Å². The fraction of sp³-hybridized carbons (Fsp3) is 1.00. The van der Waals surface area contributed by atoms with E-state index in [1.165, 1.54) is 0 Å². The second kappa shape index (κ2) is 4.98. The first kappa shape index (κ1) is 11.8. The molecule has 0 bridgehead atoms. The Balaban J connectivity index is 2.12. The minimum absolute atomic E-state index is 0.383. The van der Waals surface area contributed by atoms with Crippen molar-refractivity contribution >= 4 is 0 Å². The normalized spacial score (nSPS) is 29.1. The maximum Gasteiger partial charge on any atom is 0.401 e. The molecule has 1 fully saturated rings. The smallest absolute Gasteiger partial charge is 0.314 e. The molecule has 2 unspecified atom stereocenters. The molecule has 0 amide bonds. The van der Waals surface area contributed by atoms with Crippen molar-refractivity contribution in [3.05, 3.63) is 0 Å². The third-order valence-electron chi connectivity index (χ3n) is 2.49. The highest BCUT2D eigenvalue weighted by molar-refractivity contribution is 4.76. The lowest BCUT2D eigenvalue weighted by Gasteiger charge is -2.28. The predicted molar refractivity (Wildman–Crippen MR) is 49.1 cm³/mol. The Bertz CT molecular complexity index is 170. The van der Waals surface area contributed by atoms with E-state index in [0.717, 1.165) is 19.4 Å². The van der Waals surface area contributed by atoms with Crippen LogP contribution in [0.25, 0.3) is 0 Å². The Hall–Kier alpha value is -0.290. The van der Waals surface area contributed by atoms with E-state index in [2.05, 4.69) is 17.6 Å². The summed E-state index contributed by atoms with van der Waals surface area (Å²) in [5.74, 6) is 0.383. The molecule has 1 rings (SSSR count). The van der Waals surface area contributed by atoms with Crippen molar-refractivity contribution in [2.75, 3.05) is 19.6 Å². The quantitative estimate of drug-likeness (QED) is 0.738. The second-order valence-electron chi connectivity index (χ2n) is 3.99. The van der Waals surface area contributed by atoms with Gasteiger partial charge >= 0.3 is 6.18 Å². The molecule has 1 saturated heterocycles. The van der Waals surface area contributed by atoms with Gasteiger partial charge in [0.1, 0.15) is 0 Å². The average Bonchev–Trinajstić information content (AvgIpc) is 2.01. The highest BCUT2D eigenvalue weighted by atomic mass is 19.4. The van der Waals surface area contributed by atoms with Gasteiger partial charge in [0.05, 0.1) is 6.54 Å². The predicted octanol–water partition coefficient (Wildman–Crippen LogP) is 1.53. The first-order valence-electron chi connectivity index (χ1n) is 4.98. The van der Waals surface area contributed by atoms with Crippen LogP contribution in [0.5, 0.6) is 0 Å². The van der Waals surface area contributed by atoms with E-state index in [9.17, 15) is 13.2 Å². The third kappa shape index (κ3) is 4.81. The van der Waals surface area contributed by atoms with E-state index >= 15 is 0 Å². The zero-order chi connectivity index (χ0) is 10.6. The lowest BCUT2D eigenvalue weighted by Crippen LogP contribution is -2.41. The van der Waals surface area contributed by atoms with Crippen LogP contribution in [0.1, 0.15) is 19.8 Å². The summed E-state index contributed by atoms with van der Waals surface area (Å²) in [4.78, 5) is 0. The zero-order valence-corrected chi connectivity index (χ0v) is 8.32. The Morgan fingerprint density at radius 3 is 2.71 bits per heavy atom. The second-order valence-corrected chi connectivity index (χ2v) is 3.99. The maximum atomic E-state index is 11.8. The summed E-state index contributed by atoms with van der Waals surface area (Å²) in [5.41, 5.74) is 0. The monoisotopic (exact) mass is 210 g/mol. The number of halogens is 3. The third-order valence-corrected chi connectivity index (χ3v) is 2.49. The number of hydrogen-bond donors (Lipinski definition) is 2. The molecule has 1 heterocycles. The molecule has 0 aromatic carbocycles. The summed E-state index contributed by atoms with van der Waals surface area (Å²) in [6.45, 7) is 2.59. The standard InChI is InChI=1S/C9H17F3N2/c1-7-4-8(2-3-14-7)5-13-6-9(10,11)12/h7-8,13-14H,2-6H2,1H3. The molecule has 14 heavy (non-hydrogen) atoms. The van der Waals surface area contributed by atoms with Crippen LogP contribution in [0, 0.1) is 5.92 Å². The fourth-order valence-electron chi connectivity index (χ4n) is 1.84. The van der Waals surface area contributed by atoms with Gasteiger partial charge in [-0.05, 0) is 38.8 Å². The highest BCUT2D eigenvalue weighted by Crippen LogP contribution is 2.16. The Morgan fingerprint density at radius 1 is 1.43 bits per heavy atom. The Kier molecular flexibility index (Phi) is 4.19. The van der Waals surface area contributed by atoms with Crippen LogP contribution < -0.4 is 10.6 Å². The van der Waals surface area contributed by atoms with Gasteiger partial charge in [-0.3, -0.25) is 0 Å². The van der Waals surface area contributed by atoms with Crippen LogP contribution in [0.4, 0.5) is 13.2 Å². The van der Waals surface area contributed by atoms with Gasteiger partial charge in [-0.15, -0.1) is 0 Å². The molecule has 0 saturated carbocycles. The molecule has 2 N–H and O–H groups in total. The SMILES string of the molecule is CC1CC(CNCC(F)(F)F)CCN1. The number of hydrogen-bond acceptors (Lipinski definition) is 2. The molecule has 2 nitrogen and oxygen atoms in total. The van der Waals surface area contributed by atoms with Crippen molar-refractivity contribution < 1.29 is 13.2 Å². The van der Waals surface area contributed by atoms with E-state index in [4.69, 9.17) is 0 Å².